The Morgan fingerprint density at radius 1 is 0.966 bits per heavy atom. The van der Waals surface area contributed by atoms with Crippen molar-refractivity contribution in [1.29, 1.82) is 0 Å². The van der Waals surface area contributed by atoms with Crippen LogP contribution in [0.4, 0.5) is 5.82 Å². The fraction of sp³-hybridized carbons (Fsp3) is 0.0909. The highest BCUT2D eigenvalue weighted by Gasteiger charge is 2.25. The fourth-order valence-corrected chi connectivity index (χ4v) is 4.84. The van der Waals surface area contributed by atoms with Crippen molar-refractivity contribution < 1.29 is 9.53 Å². The minimum atomic E-state index is -0.107. The average molecular weight is 420 g/mol. The summed E-state index contributed by atoms with van der Waals surface area (Å²) >= 11 is 3.24. The minimum Gasteiger partial charge on any atom is -0.457 e. The first-order valence-corrected chi connectivity index (χ1v) is 11.2. The minimum absolute atomic E-state index is 0.107. The molecule has 5 nitrogen and oxygen atoms in total. The number of ether oxygens (including phenoxy) is 1. The molecule has 0 spiro atoms. The average Bonchev–Trinajstić information content (AvgIpc) is 3.48. The molecule has 0 aliphatic carbocycles. The summed E-state index contributed by atoms with van der Waals surface area (Å²) in [5.41, 5.74) is 3.01. The van der Waals surface area contributed by atoms with E-state index in [1.54, 1.807) is 0 Å². The van der Waals surface area contributed by atoms with E-state index in [9.17, 15) is 4.79 Å². The van der Waals surface area contributed by atoms with Gasteiger partial charge in [0.25, 0.3) is 5.91 Å². The molecule has 5 rings (SSSR count). The zero-order valence-electron chi connectivity index (χ0n) is 15.4. The zero-order valence-corrected chi connectivity index (χ0v) is 17.0. The molecule has 1 aliphatic heterocycles. The predicted octanol–water partition coefficient (Wildman–Crippen LogP) is 5.73. The van der Waals surface area contributed by atoms with Crippen LogP contribution in [0.2, 0.25) is 0 Å². The first kappa shape index (κ1) is 18.0. The lowest BCUT2D eigenvalue weighted by molar-refractivity contribution is 0.102. The van der Waals surface area contributed by atoms with Gasteiger partial charge in [-0.15, -0.1) is 11.3 Å². The smallest absolute Gasteiger partial charge is 0.266 e. The summed E-state index contributed by atoms with van der Waals surface area (Å²) in [7, 11) is 0. The Morgan fingerprint density at radius 2 is 1.76 bits per heavy atom. The van der Waals surface area contributed by atoms with Gasteiger partial charge in [0.2, 0.25) is 0 Å². The van der Waals surface area contributed by atoms with Crippen LogP contribution in [0, 0.1) is 0 Å². The highest BCUT2D eigenvalue weighted by Crippen LogP contribution is 2.36. The molecule has 2 aromatic heterocycles. The van der Waals surface area contributed by atoms with Gasteiger partial charge in [-0.25, -0.2) is 4.68 Å². The second kappa shape index (κ2) is 7.77. The summed E-state index contributed by atoms with van der Waals surface area (Å²) in [5, 5.41) is 9.73. The van der Waals surface area contributed by atoms with Crippen molar-refractivity contribution in [3.05, 3.63) is 88.2 Å². The summed E-state index contributed by atoms with van der Waals surface area (Å²) in [6.45, 7) is 0. The summed E-state index contributed by atoms with van der Waals surface area (Å²) in [4.78, 5) is 13.3. The number of hydrogen-bond donors (Lipinski definition) is 1. The number of nitrogens with zero attached hydrogens (tertiary/aromatic N) is 2. The lowest BCUT2D eigenvalue weighted by Crippen LogP contribution is -2.15. The lowest BCUT2D eigenvalue weighted by atomic mass is 10.2. The molecule has 1 N–H and O–H groups in total. The van der Waals surface area contributed by atoms with Crippen LogP contribution >= 0.6 is 23.1 Å². The van der Waals surface area contributed by atoms with Gasteiger partial charge in [-0.2, -0.15) is 16.9 Å². The normalized spacial score (nSPS) is 12.6. The molecule has 1 aliphatic rings. The van der Waals surface area contributed by atoms with Crippen LogP contribution in [0.25, 0.3) is 5.69 Å². The van der Waals surface area contributed by atoms with E-state index >= 15 is 0 Å². The van der Waals surface area contributed by atoms with Crippen LogP contribution < -0.4 is 10.1 Å². The van der Waals surface area contributed by atoms with E-state index < -0.39 is 0 Å². The number of fused-ring (bicyclic) bond motifs is 1. The molecule has 2 aromatic carbocycles. The monoisotopic (exact) mass is 419 g/mol. The number of rotatable bonds is 5. The molecule has 1 amide bonds. The fourth-order valence-electron chi connectivity index (χ4n) is 3.19. The van der Waals surface area contributed by atoms with Crippen molar-refractivity contribution in [1.82, 2.24) is 9.78 Å². The maximum atomic E-state index is 12.6. The largest absolute Gasteiger partial charge is 0.457 e. The number of thiophene rings is 1. The van der Waals surface area contributed by atoms with Crippen LogP contribution in [0.5, 0.6) is 11.5 Å². The highest BCUT2D eigenvalue weighted by molar-refractivity contribution is 7.98. The molecule has 144 valence electrons. The van der Waals surface area contributed by atoms with Gasteiger partial charge >= 0.3 is 0 Å². The highest BCUT2D eigenvalue weighted by atomic mass is 32.2. The second-order valence-corrected chi connectivity index (χ2v) is 8.45. The molecule has 0 bridgehead atoms. The van der Waals surface area contributed by atoms with E-state index in [0.29, 0.717) is 4.88 Å². The van der Waals surface area contributed by atoms with Gasteiger partial charge in [0.05, 0.1) is 16.3 Å². The Bertz CT molecular complexity index is 1140. The van der Waals surface area contributed by atoms with E-state index in [1.165, 1.54) is 11.3 Å². The van der Waals surface area contributed by atoms with Crippen LogP contribution in [0.3, 0.4) is 0 Å². The Labute approximate surface area is 176 Å². The van der Waals surface area contributed by atoms with Gasteiger partial charge in [0, 0.05) is 17.1 Å². The van der Waals surface area contributed by atoms with Crippen LogP contribution in [0.15, 0.2) is 72.1 Å². The molecular weight excluding hydrogens is 402 g/mol. The third-order valence-electron chi connectivity index (χ3n) is 4.59. The number of carbonyl (C=O) groups excluding carboxylic acids is 1. The maximum absolute atomic E-state index is 12.6. The number of amides is 1. The third-order valence-corrected chi connectivity index (χ3v) is 6.43. The molecule has 0 saturated heterocycles. The van der Waals surface area contributed by atoms with Crippen LogP contribution in [-0.4, -0.2) is 15.7 Å². The van der Waals surface area contributed by atoms with Crippen LogP contribution in [0.1, 0.15) is 20.9 Å². The van der Waals surface area contributed by atoms with E-state index in [-0.39, 0.29) is 5.91 Å². The molecule has 0 radical (unpaired) electrons. The van der Waals surface area contributed by atoms with E-state index in [2.05, 4.69) is 5.32 Å². The number of carbonyl (C=O) groups is 1. The topological polar surface area (TPSA) is 56.2 Å². The van der Waals surface area contributed by atoms with Gasteiger partial charge in [0.1, 0.15) is 17.3 Å². The summed E-state index contributed by atoms with van der Waals surface area (Å²) < 4.78 is 7.69. The Balaban J connectivity index is 1.44. The standard InChI is InChI=1S/C22H17N3O2S2/c26-22(20-7-4-12-29-20)23-21-18-13-28-14-19(18)24-25(21)15-8-10-17(11-9-15)27-16-5-2-1-3-6-16/h1-12H,13-14H2,(H,23,26). The molecule has 7 heteroatoms. The Hall–Kier alpha value is -3.03. The summed E-state index contributed by atoms with van der Waals surface area (Å²) in [5.74, 6) is 3.90. The first-order chi connectivity index (χ1) is 14.3. The van der Waals surface area contributed by atoms with E-state index in [4.69, 9.17) is 9.84 Å². The van der Waals surface area contributed by atoms with Gasteiger partial charge in [0.15, 0.2) is 0 Å². The molecule has 0 unspecified atom stereocenters. The zero-order chi connectivity index (χ0) is 19.6. The SMILES string of the molecule is O=C(Nc1c2c(nn1-c1ccc(Oc3ccccc3)cc1)CSC2)c1cccs1. The Kier molecular flexibility index (Phi) is 4.83. The predicted molar refractivity (Wildman–Crippen MR) is 117 cm³/mol. The molecule has 3 heterocycles. The first-order valence-electron chi connectivity index (χ1n) is 9.14. The molecule has 0 atom stereocenters. The van der Waals surface area contributed by atoms with Gasteiger partial charge in [-0.3, -0.25) is 4.79 Å². The quantitative estimate of drug-likeness (QED) is 0.449. The third kappa shape index (κ3) is 3.66. The van der Waals surface area contributed by atoms with Crippen molar-refractivity contribution >= 4 is 34.8 Å². The molecular formula is C22H17N3O2S2. The number of thioether (sulfide) groups is 1. The lowest BCUT2D eigenvalue weighted by Gasteiger charge is -2.11. The van der Waals surface area contributed by atoms with E-state index in [0.717, 1.165) is 45.8 Å². The molecule has 4 aromatic rings. The van der Waals surface area contributed by atoms with Crippen molar-refractivity contribution in [3.8, 4) is 17.2 Å². The number of anilines is 1. The molecule has 0 fully saturated rings. The number of nitrogens with one attached hydrogen (secondary N) is 1. The number of para-hydroxylation sites is 1. The summed E-state index contributed by atoms with van der Waals surface area (Å²) in [6, 6.07) is 21.1. The van der Waals surface area contributed by atoms with Gasteiger partial charge < -0.3 is 10.1 Å². The Morgan fingerprint density at radius 3 is 2.52 bits per heavy atom. The van der Waals surface area contributed by atoms with Gasteiger partial charge in [-0.05, 0) is 47.8 Å². The molecule has 29 heavy (non-hydrogen) atoms. The van der Waals surface area contributed by atoms with Crippen LogP contribution in [-0.2, 0) is 11.5 Å². The van der Waals surface area contributed by atoms with Crippen molar-refractivity contribution in [2.24, 2.45) is 0 Å². The van der Waals surface area contributed by atoms with Crippen molar-refractivity contribution in [2.45, 2.75) is 11.5 Å². The number of hydrogen-bond acceptors (Lipinski definition) is 5. The number of aromatic nitrogens is 2. The van der Waals surface area contributed by atoms with E-state index in [1.807, 2.05) is 88.6 Å². The van der Waals surface area contributed by atoms with Crippen molar-refractivity contribution in [2.75, 3.05) is 5.32 Å². The summed E-state index contributed by atoms with van der Waals surface area (Å²) in [6.07, 6.45) is 0. The maximum Gasteiger partial charge on any atom is 0.266 e. The number of benzene rings is 2. The molecule has 0 saturated carbocycles. The second-order valence-electron chi connectivity index (χ2n) is 6.52. The van der Waals surface area contributed by atoms with Gasteiger partial charge in [-0.1, -0.05) is 24.3 Å². The van der Waals surface area contributed by atoms with Crippen molar-refractivity contribution in [3.63, 3.8) is 0 Å².